The zero-order chi connectivity index (χ0) is 23.8. The first-order valence-corrected chi connectivity index (χ1v) is 12.1. The highest BCUT2D eigenvalue weighted by Crippen LogP contribution is 2.31. The van der Waals surface area contributed by atoms with Crippen LogP contribution in [0.2, 0.25) is 10.0 Å². The van der Waals surface area contributed by atoms with E-state index in [4.69, 9.17) is 27.9 Å². The third-order valence-electron chi connectivity index (χ3n) is 5.18. The van der Waals surface area contributed by atoms with Crippen molar-refractivity contribution >= 4 is 61.7 Å². The van der Waals surface area contributed by atoms with Gasteiger partial charge in [0.25, 0.3) is 15.9 Å². The highest BCUT2D eigenvalue weighted by Gasteiger charge is 2.29. The molecule has 2 heterocycles. The number of rotatable bonds is 6. The molecule has 0 radical (unpaired) electrons. The van der Waals surface area contributed by atoms with Gasteiger partial charge in [-0.05, 0) is 36.4 Å². The number of carbonyl (C=O) groups excluding carboxylic acids is 1. The topological polar surface area (TPSA) is 120 Å². The molecule has 0 bridgehead atoms. The highest BCUT2D eigenvalue weighted by molar-refractivity contribution is 7.92. The van der Waals surface area contributed by atoms with Gasteiger partial charge >= 0.3 is 5.97 Å². The molecule has 0 atom stereocenters. The molecule has 4 rings (SSSR count). The molecule has 3 aromatic rings. The lowest BCUT2D eigenvalue weighted by atomic mass is 10.1. The monoisotopic (exact) mass is 511 g/mol. The highest BCUT2D eigenvalue weighted by atomic mass is 35.5. The molecule has 0 saturated carbocycles. The van der Waals surface area contributed by atoms with E-state index in [0.29, 0.717) is 42.8 Å². The summed E-state index contributed by atoms with van der Waals surface area (Å²) in [7, 11) is -4.31. The molecular formula is C21H19Cl2N3O6S. The average Bonchev–Trinajstić information content (AvgIpc) is 3.20. The smallest absolute Gasteiger partial charge is 0.324 e. The van der Waals surface area contributed by atoms with Crippen LogP contribution in [0.15, 0.2) is 47.5 Å². The largest absolute Gasteiger partial charge is 0.480 e. The van der Waals surface area contributed by atoms with Crippen LogP contribution in [0.5, 0.6) is 0 Å². The van der Waals surface area contributed by atoms with Gasteiger partial charge in [-0.2, -0.15) is 0 Å². The second-order valence-corrected chi connectivity index (χ2v) is 10.1. The molecule has 1 saturated heterocycles. The summed E-state index contributed by atoms with van der Waals surface area (Å²) in [6, 6.07) is 8.30. The second-order valence-electron chi connectivity index (χ2n) is 7.35. The van der Waals surface area contributed by atoms with Gasteiger partial charge in [-0.1, -0.05) is 23.2 Å². The van der Waals surface area contributed by atoms with Crippen LogP contribution in [0.4, 0.5) is 5.69 Å². The van der Waals surface area contributed by atoms with E-state index in [1.165, 1.54) is 30.3 Å². The number of carbonyl (C=O) groups is 2. The summed E-state index contributed by atoms with van der Waals surface area (Å²) in [6.45, 7) is 1.08. The number of nitrogens with zero attached hydrogens (tertiary/aromatic N) is 2. The number of amides is 1. The Balaban J connectivity index is 1.74. The number of aliphatic carboxylic acids is 1. The van der Waals surface area contributed by atoms with Gasteiger partial charge in [0.05, 0.1) is 29.4 Å². The third kappa shape index (κ3) is 4.79. The average molecular weight is 512 g/mol. The minimum atomic E-state index is -4.31. The standard InChI is InChI=1S/C21H19Cl2N3O6S/c22-13-7-14(23)9-16(8-13)33(30,31)26(12-20(27)28)15-1-2-17-18(11-24-19(17)10-15)21(29)25-3-5-32-6-4-25/h1-2,7-11,24H,3-6,12H2,(H,27,28). The lowest BCUT2D eigenvalue weighted by molar-refractivity contribution is -0.135. The summed E-state index contributed by atoms with van der Waals surface area (Å²) in [4.78, 5) is 28.8. The summed E-state index contributed by atoms with van der Waals surface area (Å²) in [5, 5.41) is 10.2. The quantitative estimate of drug-likeness (QED) is 0.524. The fraction of sp³-hybridized carbons (Fsp3) is 0.238. The van der Waals surface area contributed by atoms with E-state index in [1.54, 1.807) is 17.2 Å². The van der Waals surface area contributed by atoms with Crippen molar-refractivity contribution in [3.63, 3.8) is 0 Å². The number of sulfonamides is 1. The van der Waals surface area contributed by atoms with Gasteiger partial charge in [0.1, 0.15) is 6.54 Å². The first-order valence-electron chi connectivity index (χ1n) is 9.85. The van der Waals surface area contributed by atoms with Gasteiger partial charge in [0, 0.05) is 40.2 Å². The number of morpholine rings is 1. The first-order chi connectivity index (χ1) is 15.7. The summed E-state index contributed by atoms with van der Waals surface area (Å²) >= 11 is 11.9. The molecule has 1 aliphatic heterocycles. The SMILES string of the molecule is O=C(O)CN(c1ccc2c(C(=O)N3CCOCC3)c[nH]c2c1)S(=O)(=O)c1cc(Cl)cc(Cl)c1. The van der Waals surface area contributed by atoms with E-state index < -0.39 is 22.5 Å². The Morgan fingerprint density at radius 3 is 2.39 bits per heavy atom. The van der Waals surface area contributed by atoms with Crippen molar-refractivity contribution in [2.75, 3.05) is 37.2 Å². The molecule has 1 aliphatic rings. The van der Waals surface area contributed by atoms with Gasteiger partial charge in [-0.25, -0.2) is 8.42 Å². The van der Waals surface area contributed by atoms with Crippen molar-refractivity contribution in [2.24, 2.45) is 0 Å². The molecule has 0 unspecified atom stereocenters. The number of H-pyrrole nitrogens is 1. The molecule has 1 amide bonds. The van der Waals surface area contributed by atoms with E-state index in [1.807, 2.05) is 0 Å². The van der Waals surface area contributed by atoms with Crippen LogP contribution >= 0.6 is 23.2 Å². The molecule has 174 valence electrons. The molecule has 0 aliphatic carbocycles. The number of carboxylic acids is 1. The summed E-state index contributed by atoms with van der Waals surface area (Å²) < 4.78 is 32.6. The Morgan fingerprint density at radius 2 is 1.76 bits per heavy atom. The van der Waals surface area contributed by atoms with Gasteiger partial charge in [-0.3, -0.25) is 13.9 Å². The van der Waals surface area contributed by atoms with Crippen LogP contribution in [0.3, 0.4) is 0 Å². The van der Waals surface area contributed by atoms with Gasteiger partial charge in [0.15, 0.2) is 0 Å². The van der Waals surface area contributed by atoms with Crippen LogP contribution in [0, 0.1) is 0 Å². The lowest BCUT2D eigenvalue weighted by Crippen LogP contribution is -2.40. The van der Waals surface area contributed by atoms with E-state index in [-0.39, 0.29) is 26.5 Å². The molecule has 33 heavy (non-hydrogen) atoms. The number of benzene rings is 2. The van der Waals surface area contributed by atoms with Crippen molar-refractivity contribution in [3.05, 3.63) is 58.2 Å². The molecule has 2 N–H and O–H groups in total. The first kappa shape index (κ1) is 23.4. The lowest BCUT2D eigenvalue weighted by Gasteiger charge is -2.26. The predicted molar refractivity (Wildman–Crippen MR) is 124 cm³/mol. The summed E-state index contributed by atoms with van der Waals surface area (Å²) in [5.74, 6) is -1.51. The fourth-order valence-electron chi connectivity index (χ4n) is 3.63. The normalized spacial score (nSPS) is 14.4. The van der Waals surface area contributed by atoms with E-state index in [0.717, 1.165) is 4.31 Å². The maximum absolute atomic E-state index is 13.3. The van der Waals surface area contributed by atoms with E-state index >= 15 is 0 Å². The van der Waals surface area contributed by atoms with Crippen molar-refractivity contribution < 1.29 is 27.9 Å². The number of carboxylic acid groups (broad SMARTS) is 1. The van der Waals surface area contributed by atoms with Crippen molar-refractivity contribution in [3.8, 4) is 0 Å². The maximum atomic E-state index is 13.3. The summed E-state index contributed by atoms with van der Waals surface area (Å²) in [5.41, 5.74) is 1.03. The molecule has 1 aromatic heterocycles. The van der Waals surface area contributed by atoms with Crippen LogP contribution in [-0.2, 0) is 19.6 Å². The number of aromatic amines is 1. The van der Waals surface area contributed by atoms with Crippen molar-refractivity contribution in [1.82, 2.24) is 9.88 Å². The second kappa shape index (κ2) is 9.22. The maximum Gasteiger partial charge on any atom is 0.324 e. The van der Waals surface area contributed by atoms with Gasteiger partial charge < -0.3 is 19.7 Å². The van der Waals surface area contributed by atoms with E-state index in [2.05, 4.69) is 4.98 Å². The zero-order valence-corrected chi connectivity index (χ0v) is 19.5. The molecule has 9 nitrogen and oxygen atoms in total. The van der Waals surface area contributed by atoms with Crippen LogP contribution < -0.4 is 4.31 Å². The van der Waals surface area contributed by atoms with Crippen molar-refractivity contribution in [1.29, 1.82) is 0 Å². The molecular weight excluding hydrogens is 493 g/mol. The number of nitrogens with one attached hydrogen (secondary N) is 1. The van der Waals surface area contributed by atoms with E-state index in [9.17, 15) is 23.1 Å². The minimum absolute atomic E-state index is 0.0995. The Hall–Kier alpha value is -2.79. The minimum Gasteiger partial charge on any atom is -0.480 e. The predicted octanol–water partition coefficient (Wildman–Crippen LogP) is 3.23. The number of hydrogen-bond acceptors (Lipinski definition) is 5. The van der Waals surface area contributed by atoms with Crippen LogP contribution in [-0.4, -0.2) is 68.1 Å². The number of fused-ring (bicyclic) bond motifs is 1. The third-order valence-corrected chi connectivity index (χ3v) is 7.37. The number of aromatic nitrogens is 1. The Bertz CT molecular complexity index is 1310. The van der Waals surface area contributed by atoms with Crippen LogP contribution in [0.25, 0.3) is 10.9 Å². The zero-order valence-electron chi connectivity index (χ0n) is 17.1. The number of ether oxygens (including phenoxy) is 1. The number of hydrogen-bond donors (Lipinski definition) is 2. The molecule has 0 spiro atoms. The molecule has 2 aromatic carbocycles. The summed E-state index contributed by atoms with van der Waals surface area (Å²) in [6.07, 6.45) is 1.55. The van der Waals surface area contributed by atoms with Gasteiger partial charge in [0.2, 0.25) is 0 Å². The van der Waals surface area contributed by atoms with Gasteiger partial charge in [-0.15, -0.1) is 0 Å². The van der Waals surface area contributed by atoms with Crippen LogP contribution in [0.1, 0.15) is 10.4 Å². The Labute approximate surface area is 199 Å². The Morgan fingerprint density at radius 1 is 1.09 bits per heavy atom. The fourth-order valence-corrected chi connectivity index (χ4v) is 5.76. The molecule has 12 heteroatoms. The Kier molecular flexibility index (Phi) is 6.53. The number of anilines is 1. The number of halogens is 2. The molecule has 1 fully saturated rings. The van der Waals surface area contributed by atoms with Crippen molar-refractivity contribution in [2.45, 2.75) is 4.90 Å².